The van der Waals surface area contributed by atoms with E-state index < -0.39 is 41.4 Å². The van der Waals surface area contributed by atoms with E-state index in [-0.39, 0.29) is 38.1 Å². The van der Waals surface area contributed by atoms with Crippen molar-refractivity contribution in [3.8, 4) is 0 Å². The number of nitrogens with zero attached hydrogens (tertiary/aromatic N) is 2. The molecule has 0 aromatic heterocycles. The number of hydrogen-bond acceptors (Lipinski definition) is 4. The molecule has 2 aromatic rings. The molecule has 5 atom stereocenters. The maximum Gasteiger partial charge on any atom is 0.275 e. The third-order valence-electron chi connectivity index (χ3n) is 6.53. The smallest absolute Gasteiger partial charge is 0.275 e. The Kier molecular flexibility index (Phi) is 8.83. The molecule has 1 aliphatic heterocycles. The molecule has 1 saturated carbocycles. The fourth-order valence-electron chi connectivity index (χ4n) is 4.69. The van der Waals surface area contributed by atoms with Crippen molar-refractivity contribution in [1.82, 2.24) is 10.0 Å². The predicted molar refractivity (Wildman–Crippen MR) is 146 cm³/mol. The van der Waals surface area contributed by atoms with E-state index in [0.29, 0.717) is 17.9 Å². The highest BCUT2D eigenvalue weighted by molar-refractivity contribution is 9.12. The van der Waals surface area contributed by atoms with Gasteiger partial charge in [0.2, 0.25) is 0 Å². The average molecular weight is 680 g/mol. The minimum atomic E-state index is -1.22. The van der Waals surface area contributed by atoms with Gasteiger partial charge in [0.1, 0.15) is 6.04 Å². The molecule has 4 rings (SSSR count). The van der Waals surface area contributed by atoms with Gasteiger partial charge in [0.25, 0.3) is 17.7 Å². The fourth-order valence-corrected chi connectivity index (χ4v) is 6.48. The molecular formula is C25H21Br2Cl3N2O4. The first-order valence-corrected chi connectivity index (χ1v) is 14.4. The molecule has 1 saturated heterocycles. The van der Waals surface area contributed by atoms with Gasteiger partial charge in [0.05, 0.1) is 22.4 Å². The number of carbonyl (C=O) groups is 4. The summed E-state index contributed by atoms with van der Waals surface area (Å²) in [5.74, 6) is -3.45. The Bertz CT molecular complexity index is 1170. The van der Waals surface area contributed by atoms with E-state index in [1.165, 1.54) is 24.3 Å². The molecule has 2 aliphatic rings. The van der Waals surface area contributed by atoms with Crippen LogP contribution in [0.5, 0.6) is 0 Å². The topological polar surface area (TPSA) is 74.8 Å². The van der Waals surface area contributed by atoms with E-state index in [2.05, 4.69) is 31.9 Å². The Morgan fingerprint density at radius 2 is 1.50 bits per heavy atom. The summed E-state index contributed by atoms with van der Waals surface area (Å²) in [5.41, 5.74) is 0.332. The molecule has 11 heteroatoms. The highest BCUT2D eigenvalue weighted by atomic mass is 79.9. The van der Waals surface area contributed by atoms with Crippen LogP contribution in [0.2, 0.25) is 10.0 Å². The summed E-state index contributed by atoms with van der Waals surface area (Å²) < 4.78 is 0. The number of ketones is 1. The normalized spacial score (nSPS) is 24.4. The van der Waals surface area contributed by atoms with Crippen molar-refractivity contribution in [2.45, 2.75) is 35.0 Å². The second-order valence-corrected chi connectivity index (χ2v) is 12.3. The highest BCUT2D eigenvalue weighted by Gasteiger charge is 2.56. The number of alkyl halides is 3. The molecule has 36 heavy (non-hydrogen) atoms. The van der Waals surface area contributed by atoms with Crippen molar-refractivity contribution in [1.29, 1.82) is 0 Å². The first kappa shape index (κ1) is 27.6. The van der Waals surface area contributed by atoms with Gasteiger partial charge in [-0.05, 0) is 55.7 Å². The number of benzene rings is 2. The summed E-state index contributed by atoms with van der Waals surface area (Å²) >= 11 is 25.5. The van der Waals surface area contributed by atoms with E-state index in [1.807, 2.05) is 0 Å². The molecule has 190 valence electrons. The molecule has 0 radical (unpaired) electrons. The molecule has 2 fully saturated rings. The van der Waals surface area contributed by atoms with Gasteiger partial charge in [-0.15, -0.1) is 11.6 Å². The quantitative estimate of drug-likeness (QED) is 0.200. The SMILES string of the molecule is O=C(c1ccc(Cl)cc1)[C@H](CCCl)N(C(=O)c1ccccc1Cl)N1C(=O)[C@@H]2C[C@@H](Br)[C@@H](Br)C[C@H]2C1=O. The molecule has 6 nitrogen and oxygen atoms in total. The van der Waals surface area contributed by atoms with Gasteiger partial charge < -0.3 is 0 Å². The van der Waals surface area contributed by atoms with Crippen LogP contribution in [0.25, 0.3) is 0 Å². The Labute approximate surface area is 240 Å². The maximum atomic E-state index is 13.9. The van der Waals surface area contributed by atoms with Crippen LogP contribution in [0.4, 0.5) is 0 Å². The second kappa shape index (κ2) is 11.5. The van der Waals surface area contributed by atoms with E-state index >= 15 is 0 Å². The van der Waals surface area contributed by atoms with Crippen molar-refractivity contribution in [2.24, 2.45) is 11.8 Å². The lowest BCUT2D eigenvalue weighted by Crippen LogP contribution is -2.57. The zero-order valence-corrected chi connectivity index (χ0v) is 24.2. The van der Waals surface area contributed by atoms with Gasteiger partial charge in [-0.1, -0.05) is 67.2 Å². The summed E-state index contributed by atoms with van der Waals surface area (Å²) in [6, 6.07) is 11.2. The van der Waals surface area contributed by atoms with Crippen molar-refractivity contribution in [3.63, 3.8) is 0 Å². The van der Waals surface area contributed by atoms with Crippen LogP contribution >= 0.6 is 66.7 Å². The minimum Gasteiger partial charge on any atom is -0.292 e. The predicted octanol–water partition coefficient (Wildman–Crippen LogP) is 6.15. The number of hydrazine groups is 1. The second-order valence-electron chi connectivity index (χ2n) is 8.70. The zero-order valence-electron chi connectivity index (χ0n) is 18.8. The summed E-state index contributed by atoms with van der Waals surface area (Å²) in [6.07, 6.45) is 0.843. The molecule has 0 bridgehead atoms. The number of halogens is 5. The molecule has 0 spiro atoms. The molecule has 3 amide bonds. The fraction of sp³-hybridized carbons (Fsp3) is 0.360. The van der Waals surface area contributed by atoms with Gasteiger partial charge >= 0.3 is 0 Å². The number of Topliss-reactive ketones (excluding diaryl/α,β-unsaturated/α-hetero) is 1. The van der Waals surface area contributed by atoms with Crippen LogP contribution in [0.15, 0.2) is 48.5 Å². The van der Waals surface area contributed by atoms with Crippen molar-refractivity contribution >= 4 is 90.2 Å². The molecular weight excluding hydrogens is 658 g/mol. The van der Waals surface area contributed by atoms with Gasteiger partial charge in [-0.3, -0.25) is 19.2 Å². The molecule has 1 heterocycles. The van der Waals surface area contributed by atoms with E-state index in [4.69, 9.17) is 34.8 Å². The van der Waals surface area contributed by atoms with Crippen molar-refractivity contribution < 1.29 is 19.2 Å². The summed E-state index contributed by atoms with van der Waals surface area (Å²) in [5, 5.41) is 2.40. The lowest BCUT2D eigenvalue weighted by molar-refractivity contribution is -0.156. The number of hydrogen-bond donors (Lipinski definition) is 0. The number of rotatable bonds is 7. The van der Waals surface area contributed by atoms with Crippen LogP contribution in [0.3, 0.4) is 0 Å². The number of carbonyl (C=O) groups excluding carboxylic acids is 4. The Morgan fingerprint density at radius 1 is 0.944 bits per heavy atom. The summed E-state index contributed by atoms with van der Waals surface area (Å²) in [7, 11) is 0. The van der Waals surface area contributed by atoms with Crippen molar-refractivity contribution in [2.75, 3.05) is 5.88 Å². The van der Waals surface area contributed by atoms with Gasteiger partial charge in [0, 0.05) is 26.1 Å². The zero-order chi connectivity index (χ0) is 26.1. The third kappa shape index (κ3) is 5.25. The number of fused-ring (bicyclic) bond motifs is 1. The van der Waals surface area contributed by atoms with Crippen LogP contribution in [0, 0.1) is 11.8 Å². The standard InChI is InChI=1S/C25H21Br2Cl3N2O4/c26-18-11-16-17(12-19(18)27)25(36)32(24(16)35)31(23(34)15-3-1-2-4-20(15)30)21(9-10-28)22(33)13-5-7-14(29)8-6-13/h1-8,16-19,21H,9-12H2/t16-,17-,18-,19+,21+/m1/s1. The molecule has 0 N–H and O–H groups in total. The van der Waals surface area contributed by atoms with Crippen LogP contribution in [-0.2, 0) is 9.59 Å². The molecule has 1 aliphatic carbocycles. The largest absolute Gasteiger partial charge is 0.292 e. The first-order chi connectivity index (χ1) is 17.1. The lowest BCUT2D eigenvalue weighted by Gasteiger charge is -2.36. The maximum absolute atomic E-state index is 13.9. The van der Waals surface area contributed by atoms with Crippen LogP contribution in [-0.4, -0.2) is 55.1 Å². The Hall–Kier alpha value is -1.45. The average Bonchev–Trinajstić information content (AvgIpc) is 3.08. The van der Waals surface area contributed by atoms with E-state index in [1.54, 1.807) is 24.3 Å². The van der Waals surface area contributed by atoms with Crippen LogP contribution < -0.4 is 0 Å². The Morgan fingerprint density at radius 3 is 2.03 bits per heavy atom. The number of amides is 3. The Balaban J connectivity index is 1.82. The van der Waals surface area contributed by atoms with Crippen LogP contribution in [0.1, 0.15) is 40.0 Å². The number of imide groups is 1. The van der Waals surface area contributed by atoms with E-state index in [0.717, 1.165) is 10.0 Å². The first-order valence-electron chi connectivity index (χ1n) is 11.2. The minimum absolute atomic E-state index is 0.00627. The molecule has 2 aromatic carbocycles. The monoisotopic (exact) mass is 676 g/mol. The van der Waals surface area contributed by atoms with Gasteiger partial charge in [-0.25, -0.2) is 5.01 Å². The third-order valence-corrected chi connectivity index (χ3v) is 10.1. The van der Waals surface area contributed by atoms with E-state index in [9.17, 15) is 19.2 Å². The van der Waals surface area contributed by atoms with Gasteiger partial charge in [0.15, 0.2) is 5.78 Å². The van der Waals surface area contributed by atoms with Crippen molar-refractivity contribution in [3.05, 3.63) is 69.7 Å². The highest BCUT2D eigenvalue weighted by Crippen LogP contribution is 2.44. The summed E-state index contributed by atoms with van der Waals surface area (Å²) in [4.78, 5) is 54.9. The lowest BCUT2D eigenvalue weighted by atomic mass is 9.81. The molecule has 0 unspecified atom stereocenters. The summed E-state index contributed by atoms with van der Waals surface area (Å²) in [6.45, 7) is 0. The van der Waals surface area contributed by atoms with Gasteiger partial charge in [-0.2, -0.15) is 5.01 Å².